The molecular weight excluding hydrogens is 226 g/mol. The zero-order valence-corrected chi connectivity index (χ0v) is 10.8. The lowest BCUT2D eigenvalue weighted by Gasteiger charge is -2.10. The second-order valence-corrected chi connectivity index (χ2v) is 4.25. The Bertz CT molecular complexity index is 552. The van der Waals surface area contributed by atoms with E-state index in [-0.39, 0.29) is 6.04 Å². The summed E-state index contributed by atoms with van der Waals surface area (Å²) in [5.41, 5.74) is 8.68. The molecule has 0 aliphatic rings. The summed E-state index contributed by atoms with van der Waals surface area (Å²) in [4.78, 5) is 8.85. The minimum Gasteiger partial charge on any atom is -0.497 e. The average molecular weight is 243 g/mol. The molecule has 4 heteroatoms. The summed E-state index contributed by atoms with van der Waals surface area (Å²) in [6.07, 6.45) is 1.79. The predicted octanol–water partition coefficient (Wildman–Crippen LogP) is 2.48. The number of ether oxygens (including phenoxy) is 1. The van der Waals surface area contributed by atoms with Gasteiger partial charge in [-0.05, 0) is 26.0 Å². The minimum atomic E-state index is -0.0515. The Labute approximate surface area is 107 Å². The molecule has 2 rings (SSSR count). The molecule has 2 aromatic rings. The minimum absolute atomic E-state index is 0.0515. The normalized spacial score (nSPS) is 12.2. The Balaban J connectivity index is 2.42. The van der Waals surface area contributed by atoms with Crippen molar-refractivity contribution in [2.24, 2.45) is 5.73 Å². The van der Waals surface area contributed by atoms with Crippen molar-refractivity contribution in [3.05, 3.63) is 41.7 Å². The predicted molar refractivity (Wildman–Crippen MR) is 71.4 cm³/mol. The number of nitrogens with two attached hydrogens (primary N) is 1. The van der Waals surface area contributed by atoms with Gasteiger partial charge in [-0.1, -0.05) is 12.1 Å². The Kier molecular flexibility index (Phi) is 3.58. The van der Waals surface area contributed by atoms with Gasteiger partial charge in [-0.3, -0.25) is 0 Å². The SMILES string of the molecule is COc1cccc(-c2ncc(C(C)N)c(C)n2)c1. The lowest BCUT2D eigenvalue weighted by atomic mass is 10.1. The van der Waals surface area contributed by atoms with E-state index < -0.39 is 0 Å². The maximum absolute atomic E-state index is 5.85. The Morgan fingerprint density at radius 2 is 2.11 bits per heavy atom. The first kappa shape index (κ1) is 12.5. The van der Waals surface area contributed by atoms with Gasteiger partial charge in [0.1, 0.15) is 5.75 Å². The first-order chi connectivity index (χ1) is 8.61. The third kappa shape index (κ3) is 2.49. The van der Waals surface area contributed by atoms with Crippen molar-refractivity contribution < 1.29 is 4.74 Å². The van der Waals surface area contributed by atoms with Gasteiger partial charge >= 0.3 is 0 Å². The third-order valence-corrected chi connectivity index (χ3v) is 2.84. The molecule has 0 saturated carbocycles. The molecule has 4 nitrogen and oxygen atoms in total. The van der Waals surface area contributed by atoms with E-state index in [9.17, 15) is 0 Å². The summed E-state index contributed by atoms with van der Waals surface area (Å²) >= 11 is 0. The van der Waals surface area contributed by atoms with Gasteiger partial charge in [0.25, 0.3) is 0 Å². The van der Waals surface area contributed by atoms with Crippen LogP contribution in [0.15, 0.2) is 30.5 Å². The number of rotatable bonds is 3. The highest BCUT2D eigenvalue weighted by atomic mass is 16.5. The molecule has 0 spiro atoms. The van der Waals surface area contributed by atoms with Gasteiger partial charge in [0.2, 0.25) is 0 Å². The molecule has 0 amide bonds. The fourth-order valence-electron chi connectivity index (χ4n) is 1.82. The van der Waals surface area contributed by atoms with E-state index in [1.165, 1.54) is 0 Å². The lowest BCUT2D eigenvalue weighted by molar-refractivity contribution is 0.415. The summed E-state index contributed by atoms with van der Waals surface area (Å²) in [5, 5.41) is 0. The van der Waals surface area contributed by atoms with Gasteiger partial charge in [-0.15, -0.1) is 0 Å². The number of hydrogen-bond donors (Lipinski definition) is 1. The second-order valence-electron chi connectivity index (χ2n) is 4.25. The molecule has 94 valence electrons. The van der Waals surface area contributed by atoms with Crippen LogP contribution >= 0.6 is 0 Å². The van der Waals surface area contributed by atoms with E-state index in [0.717, 1.165) is 22.6 Å². The smallest absolute Gasteiger partial charge is 0.159 e. The fraction of sp³-hybridized carbons (Fsp3) is 0.286. The molecule has 2 N–H and O–H groups in total. The van der Waals surface area contributed by atoms with Crippen molar-refractivity contribution >= 4 is 0 Å². The Morgan fingerprint density at radius 3 is 2.72 bits per heavy atom. The van der Waals surface area contributed by atoms with Crippen molar-refractivity contribution in [3.8, 4) is 17.1 Å². The number of methoxy groups -OCH3 is 1. The average Bonchev–Trinajstić information content (AvgIpc) is 2.38. The zero-order chi connectivity index (χ0) is 13.1. The molecule has 1 heterocycles. The molecule has 1 unspecified atom stereocenters. The van der Waals surface area contributed by atoms with Crippen LogP contribution in [0.4, 0.5) is 0 Å². The first-order valence-electron chi connectivity index (χ1n) is 5.85. The molecule has 1 aromatic carbocycles. The quantitative estimate of drug-likeness (QED) is 0.899. The Morgan fingerprint density at radius 1 is 1.33 bits per heavy atom. The van der Waals surface area contributed by atoms with Crippen LogP contribution in [0.5, 0.6) is 5.75 Å². The summed E-state index contributed by atoms with van der Waals surface area (Å²) < 4.78 is 5.19. The van der Waals surface area contributed by atoms with Crippen molar-refractivity contribution in [2.45, 2.75) is 19.9 Å². The van der Waals surface area contributed by atoms with E-state index in [1.54, 1.807) is 13.3 Å². The van der Waals surface area contributed by atoms with Crippen LogP contribution in [0.2, 0.25) is 0 Å². The molecule has 0 saturated heterocycles. The fourth-order valence-corrected chi connectivity index (χ4v) is 1.82. The maximum Gasteiger partial charge on any atom is 0.159 e. The van der Waals surface area contributed by atoms with Crippen LogP contribution in [-0.2, 0) is 0 Å². The molecule has 0 aliphatic heterocycles. The van der Waals surface area contributed by atoms with Crippen LogP contribution in [0, 0.1) is 6.92 Å². The third-order valence-electron chi connectivity index (χ3n) is 2.84. The van der Waals surface area contributed by atoms with Gasteiger partial charge in [-0.2, -0.15) is 0 Å². The molecular formula is C14H17N3O. The maximum atomic E-state index is 5.85. The molecule has 0 fully saturated rings. The van der Waals surface area contributed by atoms with Crippen LogP contribution in [0.25, 0.3) is 11.4 Å². The molecule has 18 heavy (non-hydrogen) atoms. The zero-order valence-electron chi connectivity index (χ0n) is 10.8. The first-order valence-corrected chi connectivity index (χ1v) is 5.85. The van der Waals surface area contributed by atoms with Gasteiger partial charge in [-0.25, -0.2) is 9.97 Å². The summed E-state index contributed by atoms with van der Waals surface area (Å²) in [6, 6.07) is 7.65. The van der Waals surface area contributed by atoms with E-state index in [1.807, 2.05) is 38.1 Å². The largest absolute Gasteiger partial charge is 0.497 e. The van der Waals surface area contributed by atoms with Crippen LogP contribution in [0.1, 0.15) is 24.2 Å². The van der Waals surface area contributed by atoms with Crippen LogP contribution in [0.3, 0.4) is 0 Å². The number of aromatic nitrogens is 2. The van der Waals surface area contributed by atoms with Gasteiger partial charge in [0, 0.05) is 29.1 Å². The number of nitrogens with zero attached hydrogens (tertiary/aromatic N) is 2. The van der Waals surface area contributed by atoms with Crippen LogP contribution in [-0.4, -0.2) is 17.1 Å². The molecule has 1 atom stereocenters. The molecule has 0 radical (unpaired) electrons. The summed E-state index contributed by atoms with van der Waals surface area (Å²) in [5.74, 6) is 1.49. The van der Waals surface area contributed by atoms with E-state index >= 15 is 0 Å². The van der Waals surface area contributed by atoms with E-state index in [0.29, 0.717) is 5.82 Å². The second kappa shape index (κ2) is 5.14. The van der Waals surface area contributed by atoms with Gasteiger partial charge in [0.15, 0.2) is 5.82 Å². The topological polar surface area (TPSA) is 61.0 Å². The summed E-state index contributed by atoms with van der Waals surface area (Å²) in [6.45, 7) is 3.88. The highest BCUT2D eigenvalue weighted by Gasteiger charge is 2.08. The number of hydrogen-bond acceptors (Lipinski definition) is 4. The van der Waals surface area contributed by atoms with E-state index in [4.69, 9.17) is 10.5 Å². The Hall–Kier alpha value is -1.94. The van der Waals surface area contributed by atoms with E-state index in [2.05, 4.69) is 9.97 Å². The van der Waals surface area contributed by atoms with Gasteiger partial charge < -0.3 is 10.5 Å². The summed E-state index contributed by atoms with van der Waals surface area (Å²) in [7, 11) is 1.64. The molecule has 0 aliphatic carbocycles. The highest BCUT2D eigenvalue weighted by Crippen LogP contribution is 2.22. The van der Waals surface area contributed by atoms with Crippen LogP contribution < -0.4 is 10.5 Å². The standard InChI is InChI=1S/C14H17N3O/c1-9(15)13-8-16-14(17-10(13)2)11-5-4-6-12(7-11)18-3/h4-9H,15H2,1-3H3. The number of benzene rings is 1. The highest BCUT2D eigenvalue weighted by molar-refractivity contribution is 5.57. The van der Waals surface area contributed by atoms with Crippen molar-refractivity contribution in [2.75, 3.05) is 7.11 Å². The monoisotopic (exact) mass is 243 g/mol. The van der Waals surface area contributed by atoms with Crippen molar-refractivity contribution in [1.82, 2.24) is 9.97 Å². The lowest BCUT2D eigenvalue weighted by Crippen LogP contribution is -2.09. The molecule has 0 bridgehead atoms. The molecule has 1 aromatic heterocycles. The number of aryl methyl sites for hydroxylation is 1. The van der Waals surface area contributed by atoms with Gasteiger partial charge in [0.05, 0.1) is 7.11 Å². The van der Waals surface area contributed by atoms with Crippen molar-refractivity contribution in [1.29, 1.82) is 0 Å². The van der Waals surface area contributed by atoms with Crippen molar-refractivity contribution in [3.63, 3.8) is 0 Å².